The van der Waals surface area contributed by atoms with Crippen LogP contribution in [0.4, 0.5) is 0 Å². The molecule has 0 amide bonds. The van der Waals surface area contributed by atoms with Gasteiger partial charge in [-0.25, -0.2) is 9.97 Å². The largest absolute Gasteiger partial charge is 0.304 e. The molecule has 1 fully saturated rings. The zero-order chi connectivity index (χ0) is 14.3. The van der Waals surface area contributed by atoms with Crippen molar-refractivity contribution in [3.63, 3.8) is 0 Å². The number of aromatic nitrogens is 4. The van der Waals surface area contributed by atoms with Crippen LogP contribution in [0.25, 0.3) is 11.0 Å². The molecule has 3 heterocycles. The fraction of sp³-hybridized carbons (Fsp3) is 0.615. The van der Waals surface area contributed by atoms with Gasteiger partial charge in [0.15, 0.2) is 5.65 Å². The molecule has 0 aliphatic carbocycles. The zero-order valence-corrected chi connectivity index (χ0v) is 12.8. The molecule has 2 aromatic rings. The topological polar surface area (TPSA) is 50.1 Å². The summed E-state index contributed by atoms with van der Waals surface area (Å²) in [4.78, 5) is 13.7. The van der Waals surface area contributed by atoms with Crippen LogP contribution in [0, 0.1) is 0 Å². The Bertz CT molecular complexity index is 625. The van der Waals surface area contributed by atoms with Crippen LogP contribution in [0.5, 0.6) is 0 Å². The second-order valence-corrected chi connectivity index (χ2v) is 5.88. The highest BCUT2D eigenvalue weighted by Gasteiger charge is 2.22. The first kappa shape index (κ1) is 13.7. The van der Waals surface area contributed by atoms with Crippen LogP contribution in [0.1, 0.15) is 12.7 Å². The minimum atomic E-state index is 0.486. The third-order valence-electron chi connectivity index (χ3n) is 3.90. The summed E-state index contributed by atoms with van der Waals surface area (Å²) < 4.78 is 1.74. The monoisotopic (exact) mass is 294 g/mol. The van der Waals surface area contributed by atoms with Crippen LogP contribution in [0.3, 0.4) is 0 Å². The van der Waals surface area contributed by atoms with Gasteiger partial charge in [0, 0.05) is 32.7 Å². The van der Waals surface area contributed by atoms with Gasteiger partial charge in [-0.15, -0.1) is 0 Å². The van der Waals surface area contributed by atoms with E-state index in [4.69, 9.17) is 11.6 Å². The summed E-state index contributed by atoms with van der Waals surface area (Å²) in [5, 5.41) is 5.47. The quantitative estimate of drug-likeness (QED) is 0.778. The molecule has 1 aliphatic rings. The van der Waals surface area contributed by atoms with Crippen molar-refractivity contribution < 1.29 is 0 Å². The van der Waals surface area contributed by atoms with Gasteiger partial charge in [0.1, 0.15) is 11.0 Å². The average molecular weight is 295 g/mol. The average Bonchev–Trinajstić information content (AvgIpc) is 2.76. The fourth-order valence-electron chi connectivity index (χ4n) is 2.69. The van der Waals surface area contributed by atoms with E-state index in [2.05, 4.69) is 38.8 Å². The van der Waals surface area contributed by atoms with E-state index in [1.165, 1.54) is 0 Å². The first-order chi connectivity index (χ1) is 9.54. The van der Waals surface area contributed by atoms with E-state index in [-0.39, 0.29) is 0 Å². The van der Waals surface area contributed by atoms with Gasteiger partial charge in [-0.1, -0.05) is 11.6 Å². The van der Waals surface area contributed by atoms with E-state index in [0.29, 0.717) is 11.2 Å². The molecule has 0 bridgehead atoms. The molecule has 0 saturated carbocycles. The maximum atomic E-state index is 6.22. The molecular weight excluding hydrogens is 276 g/mol. The molecule has 0 aromatic carbocycles. The van der Waals surface area contributed by atoms with E-state index in [1.54, 1.807) is 10.9 Å². The molecule has 20 heavy (non-hydrogen) atoms. The lowest BCUT2D eigenvalue weighted by molar-refractivity contribution is 0.0915. The van der Waals surface area contributed by atoms with E-state index < -0.39 is 0 Å². The molecule has 1 unspecified atom stereocenters. The first-order valence-electron chi connectivity index (χ1n) is 6.81. The Morgan fingerprint density at radius 2 is 2.10 bits per heavy atom. The Hall–Kier alpha value is -1.24. The SMILES string of the molecule is CC1CN(C)CCN1Cc1nc(Cl)c2cnn(C)c2n1. The molecule has 1 atom stereocenters. The maximum absolute atomic E-state index is 6.22. The van der Waals surface area contributed by atoms with E-state index in [9.17, 15) is 0 Å². The Morgan fingerprint density at radius 1 is 1.30 bits per heavy atom. The van der Waals surface area contributed by atoms with Gasteiger partial charge in [-0.3, -0.25) is 9.58 Å². The molecule has 3 rings (SSSR count). The van der Waals surface area contributed by atoms with Gasteiger partial charge in [0.05, 0.1) is 18.1 Å². The van der Waals surface area contributed by atoms with Gasteiger partial charge in [-0.05, 0) is 14.0 Å². The molecule has 1 aliphatic heterocycles. The number of nitrogens with zero attached hydrogens (tertiary/aromatic N) is 6. The smallest absolute Gasteiger partial charge is 0.162 e. The van der Waals surface area contributed by atoms with Crippen LogP contribution in [0.15, 0.2) is 6.20 Å². The Balaban J connectivity index is 1.85. The van der Waals surface area contributed by atoms with Gasteiger partial charge in [-0.2, -0.15) is 5.10 Å². The zero-order valence-electron chi connectivity index (χ0n) is 12.0. The highest BCUT2D eigenvalue weighted by atomic mass is 35.5. The van der Waals surface area contributed by atoms with Crippen molar-refractivity contribution in [3.05, 3.63) is 17.2 Å². The van der Waals surface area contributed by atoms with Gasteiger partial charge < -0.3 is 4.90 Å². The summed E-state index contributed by atoms with van der Waals surface area (Å²) in [6, 6.07) is 0.498. The van der Waals surface area contributed by atoms with Crippen LogP contribution in [-0.4, -0.2) is 62.3 Å². The fourth-order valence-corrected chi connectivity index (χ4v) is 2.93. The molecule has 1 saturated heterocycles. The maximum Gasteiger partial charge on any atom is 0.162 e. The number of rotatable bonds is 2. The van der Waals surface area contributed by atoms with Crippen molar-refractivity contribution in [3.8, 4) is 0 Å². The second-order valence-electron chi connectivity index (χ2n) is 5.52. The number of halogens is 1. The molecule has 0 radical (unpaired) electrons. The van der Waals surface area contributed by atoms with Crippen LogP contribution in [0.2, 0.25) is 5.15 Å². The van der Waals surface area contributed by atoms with E-state index in [1.807, 2.05) is 7.05 Å². The summed E-state index contributed by atoms with van der Waals surface area (Å²) in [6.07, 6.45) is 1.71. The molecule has 2 aromatic heterocycles. The van der Waals surface area contributed by atoms with Gasteiger partial charge in [0.2, 0.25) is 0 Å². The predicted octanol–water partition coefficient (Wildman–Crippen LogP) is 1.15. The van der Waals surface area contributed by atoms with E-state index in [0.717, 1.165) is 43.0 Å². The van der Waals surface area contributed by atoms with Crippen molar-refractivity contribution in [1.29, 1.82) is 0 Å². The van der Waals surface area contributed by atoms with Crippen LogP contribution < -0.4 is 0 Å². The highest BCUT2D eigenvalue weighted by Crippen LogP contribution is 2.20. The summed E-state index contributed by atoms with van der Waals surface area (Å²) in [7, 11) is 4.02. The Kier molecular flexibility index (Phi) is 3.62. The molecule has 7 heteroatoms. The molecule has 108 valence electrons. The van der Waals surface area contributed by atoms with Gasteiger partial charge in [0.25, 0.3) is 0 Å². The van der Waals surface area contributed by atoms with Gasteiger partial charge >= 0.3 is 0 Å². The number of fused-ring (bicyclic) bond motifs is 1. The third kappa shape index (κ3) is 2.51. The van der Waals surface area contributed by atoms with Crippen molar-refractivity contribution in [2.24, 2.45) is 7.05 Å². The minimum Gasteiger partial charge on any atom is -0.304 e. The summed E-state index contributed by atoms with van der Waals surface area (Å²) in [6.45, 7) is 6.14. The Morgan fingerprint density at radius 3 is 2.85 bits per heavy atom. The normalized spacial score (nSPS) is 21.7. The third-order valence-corrected chi connectivity index (χ3v) is 4.19. The first-order valence-corrected chi connectivity index (χ1v) is 7.19. The molecule has 6 nitrogen and oxygen atoms in total. The molecule has 0 N–H and O–H groups in total. The second kappa shape index (κ2) is 5.27. The number of aryl methyl sites for hydroxylation is 1. The summed E-state index contributed by atoms with van der Waals surface area (Å²) in [5.41, 5.74) is 0.793. The molecule has 0 spiro atoms. The lowest BCUT2D eigenvalue weighted by Crippen LogP contribution is -2.50. The van der Waals surface area contributed by atoms with Crippen LogP contribution in [-0.2, 0) is 13.6 Å². The summed E-state index contributed by atoms with van der Waals surface area (Å²) >= 11 is 6.22. The lowest BCUT2D eigenvalue weighted by atomic mass is 10.2. The van der Waals surface area contributed by atoms with Crippen molar-refractivity contribution in [2.75, 3.05) is 26.7 Å². The number of likely N-dealkylation sites (N-methyl/N-ethyl adjacent to an activating group) is 1. The number of hydrogen-bond donors (Lipinski definition) is 0. The van der Waals surface area contributed by atoms with E-state index >= 15 is 0 Å². The van der Waals surface area contributed by atoms with Crippen LogP contribution >= 0.6 is 11.6 Å². The number of hydrogen-bond acceptors (Lipinski definition) is 5. The van der Waals surface area contributed by atoms with Crippen molar-refractivity contribution in [1.82, 2.24) is 29.5 Å². The predicted molar refractivity (Wildman–Crippen MR) is 78.7 cm³/mol. The summed E-state index contributed by atoms with van der Waals surface area (Å²) in [5.74, 6) is 0.766. The number of piperazine rings is 1. The lowest BCUT2D eigenvalue weighted by Gasteiger charge is -2.37. The Labute approximate surface area is 123 Å². The van der Waals surface area contributed by atoms with Crippen molar-refractivity contribution >= 4 is 22.6 Å². The minimum absolute atomic E-state index is 0.486. The van der Waals surface area contributed by atoms with Crippen molar-refractivity contribution in [2.45, 2.75) is 19.5 Å². The molecular formula is C13H19ClN6. The highest BCUT2D eigenvalue weighted by molar-refractivity contribution is 6.33. The standard InChI is InChI=1S/C13H19ClN6/c1-9-7-18(2)4-5-20(9)8-11-16-12(14)10-6-15-19(3)13(10)17-11/h6,9H,4-5,7-8H2,1-3H3.